The van der Waals surface area contributed by atoms with Gasteiger partial charge in [0.15, 0.2) is 11.6 Å². The maximum absolute atomic E-state index is 14.0. The number of aromatic nitrogens is 4. The summed E-state index contributed by atoms with van der Waals surface area (Å²) in [5.41, 5.74) is 2.53. The SMILES string of the molecule is CC1C=c2c(ccc3c2nc(CCc2cnc4c(F)ccc(F)c4n2)n3C)=NC1. The molecule has 3 heterocycles. The maximum atomic E-state index is 14.0. The summed E-state index contributed by atoms with van der Waals surface area (Å²) < 4.78 is 29.9. The lowest BCUT2D eigenvalue weighted by Gasteiger charge is -2.07. The molecule has 2 aromatic carbocycles. The third-order valence-electron chi connectivity index (χ3n) is 5.42. The molecule has 0 bridgehead atoms. The van der Waals surface area contributed by atoms with Crippen LogP contribution < -0.4 is 10.6 Å². The lowest BCUT2D eigenvalue weighted by molar-refractivity contribution is 0.611. The van der Waals surface area contributed by atoms with Gasteiger partial charge in [-0.15, -0.1) is 0 Å². The first kappa shape index (κ1) is 17.8. The van der Waals surface area contributed by atoms with Crippen LogP contribution in [0.2, 0.25) is 0 Å². The van der Waals surface area contributed by atoms with Gasteiger partial charge in [-0.25, -0.2) is 23.7 Å². The van der Waals surface area contributed by atoms with Crippen molar-refractivity contribution in [3.63, 3.8) is 0 Å². The van der Waals surface area contributed by atoms with Crippen molar-refractivity contribution < 1.29 is 8.78 Å². The molecule has 5 rings (SSSR count). The first-order chi connectivity index (χ1) is 14.0. The molecule has 146 valence electrons. The van der Waals surface area contributed by atoms with Crippen molar-refractivity contribution in [2.45, 2.75) is 19.8 Å². The summed E-state index contributed by atoms with van der Waals surface area (Å²) in [5.74, 6) is 0.151. The van der Waals surface area contributed by atoms with Crippen LogP contribution in [0.5, 0.6) is 0 Å². The van der Waals surface area contributed by atoms with Crippen LogP contribution in [0, 0.1) is 17.6 Å². The Balaban J connectivity index is 1.51. The number of fused-ring (bicyclic) bond motifs is 4. The number of benzene rings is 2. The summed E-state index contributed by atoms with van der Waals surface area (Å²) in [7, 11) is 1.99. The van der Waals surface area contributed by atoms with E-state index in [0.717, 1.165) is 46.1 Å². The summed E-state index contributed by atoms with van der Waals surface area (Å²) in [6, 6.07) is 6.23. The van der Waals surface area contributed by atoms with Crippen molar-refractivity contribution >= 4 is 28.1 Å². The standard InChI is InChI=1S/C22H19F2N5/c1-12-9-14-17(25-10-12)6-7-18-20(14)28-19(29(18)2)8-3-13-11-26-21-15(23)4-5-16(24)22(21)27-13/h4-7,9,11-12H,3,8,10H2,1-2H3. The molecule has 5 nitrogen and oxygen atoms in total. The van der Waals surface area contributed by atoms with Gasteiger partial charge < -0.3 is 4.57 Å². The van der Waals surface area contributed by atoms with Crippen molar-refractivity contribution in [3.05, 3.63) is 64.2 Å². The first-order valence-electron chi connectivity index (χ1n) is 9.61. The Morgan fingerprint density at radius 2 is 1.79 bits per heavy atom. The maximum Gasteiger partial charge on any atom is 0.151 e. The van der Waals surface area contributed by atoms with E-state index in [9.17, 15) is 8.78 Å². The van der Waals surface area contributed by atoms with Crippen molar-refractivity contribution in [1.82, 2.24) is 19.5 Å². The van der Waals surface area contributed by atoms with Crippen LogP contribution in [-0.4, -0.2) is 26.1 Å². The lowest BCUT2D eigenvalue weighted by atomic mass is 10.1. The number of hydrogen-bond donors (Lipinski definition) is 0. The van der Waals surface area contributed by atoms with Gasteiger partial charge in [-0.05, 0) is 36.6 Å². The van der Waals surface area contributed by atoms with E-state index >= 15 is 0 Å². The normalized spacial score (nSPS) is 15.9. The van der Waals surface area contributed by atoms with Crippen LogP contribution in [0.15, 0.2) is 35.5 Å². The van der Waals surface area contributed by atoms with Crippen molar-refractivity contribution in [1.29, 1.82) is 0 Å². The Bertz CT molecular complexity index is 1390. The number of halogens is 2. The highest BCUT2D eigenvalue weighted by molar-refractivity contribution is 5.78. The third kappa shape index (κ3) is 2.97. The van der Waals surface area contributed by atoms with E-state index in [-0.39, 0.29) is 11.0 Å². The minimum atomic E-state index is -0.573. The second-order valence-electron chi connectivity index (χ2n) is 7.53. The number of hydrogen-bond acceptors (Lipinski definition) is 4. The van der Waals surface area contributed by atoms with Gasteiger partial charge in [-0.3, -0.25) is 4.99 Å². The van der Waals surface area contributed by atoms with E-state index < -0.39 is 11.6 Å². The topological polar surface area (TPSA) is 56.0 Å². The molecular formula is C22H19F2N5. The molecule has 0 aliphatic carbocycles. The van der Waals surface area contributed by atoms with Crippen LogP contribution in [-0.2, 0) is 19.9 Å². The fraction of sp³-hybridized carbons (Fsp3) is 0.273. The molecule has 1 aliphatic heterocycles. The number of nitrogens with zero attached hydrogens (tertiary/aromatic N) is 5. The average Bonchev–Trinajstić information content (AvgIpc) is 3.05. The van der Waals surface area contributed by atoms with Gasteiger partial charge in [0.1, 0.15) is 16.9 Å². The Morgan fingerprint density at radius 3 is 2.62 bits per heavy atom. The fourth-order valence-corrected chi connectivity index (χ4v) is 3.85. The van der Waals surface area contributed by atoms with Crippen molar-refractivity contribution in [2.75, 3.05) is 6.54 Å². The molecule has 0 saturated heterocycles. The molecule has 1 aliphatic rings. The summed E-state index contributed by atoms with van der Waals surface area (Å²) in [6.07, 6.45) is 4.88. The summed E-state index contributed by atoms with van der Waals surface area (Å²) in [4.78, 5) is 17.8. The fourth-order valence-electron chi connectivity index (χ4n) is 3.85. The Morgan fingerprint density at radius 1 is 1.00 bits per heavy atom. The minimum absolute atomic E-state index is 0.0354. The van der Waals surface area contributed by atoms with E-state index in [1.165, 1.54) is 6.20 Å². The molecule has 29 heavy (non-hydrogen) atoms. The average molecular weight is 391 g/mol. The first-order valence-corrected chi connectivity index (χ1v) is 9.61. The molecule has 1 unspecified atom stereocenters. The van der Waals surface area contributed by atoms with Crippen LogP contribution in [0.4, 0.5) is 8.78 Å². The van der Waals surface area contributed by atoms with Crippen LogP contribution >= 0.6 is 0 Å². The smallest absolute Gasteiger partial charge is 0.151 e. The van der Waals surface area contributed by atoms with Crippen LogP contribution in [0.25, 0.3) is 28.1 Å². The molecular weight excluding hydrogens is 372 g/mol. The molecule has 0 spiro atoms. The quantitative estimate of drug-likeness (QED) is 0.540. The van der Waals surface area contributed by atoms with Crippen LogP contribution in [0.1, 0.15) is 18.4 Å². The summed E-state index contributed by atoms with van der Waals surface area (Å²) in [5, 5.41) is 2.07. The number of rotatable bonds is 3. The van der Waals surface area contributed by atoms with Gasteiger partial charge in [-0.1, -0.05) is 13.0 Å². The zero-order valence-electron chi connectivity index (χ0n) is 16.2. The zero-order valence-corrected chi connectivity index (χ0v) is 16.2. The summed E-state index contributed by atoms with van der Waals surface area (Å²) >= 11 is 0. The highest BCUT2D eigenvalue weighted by Gasteiger charge is 2.14. The Labute approximate surface area is 165 Å². The van der Waals surface area contributed by atoms with Crippen molar-refractivity contribution in [2.24, 2.45) is 18.0 Å². The van der Waals surface area contributed by atoms with E-state index in [2.05, 4.69) is 32.5 Å². The highest BCUT2D eigenvalue weighted by atomic mass is 19.1. The van der Waals surface area contributed by atoms with E-state index in [1.807, 2.05) is 19.2 Å². The van der Waals surface area contributed by atoms with E-state index in [1.54, 1.807) is 0 Å². The third-order valence-corrected chi connectivity index (χ3v) is 5.42. The second kappa shape index (κ2) is 6.69. The monoisotopic (exact) mass is 391 g/mol. The lowest BCUT2D eigenvalue weighted by Crippen LogP contribution is -2.31. The molecule has 7 heteroatoms. The van der Waals surface area contributed by atoms with Gasteiger partial charge in [-0.2, -0.15) is 0 Å². The van der Waals surface area contributed by atoms with E-state index in [0.29, 0.717) is 24.5 Å². The Kier molecular flexibility index (Phi) is 4.12. The summed E-state index contributed by atoms with van der Waals surface area (Å²) in [6.45, 7) is 2.95. The molecule has 0 amide bonds. The largest absolute Gasteiger partial charge is 0.331 e. The number of aryl methyl sites for hydroxylation is 3. The van der Waals surface area contributed by atoms with E-state index in [4.69, 9.17) is 4.98 Å². The predicted molar refractivity (Wildman–Crippen MR) is 107 cm³/mol. The van der Waals surface area contributed by atoms with Gasteiger partial charge in [0.05, 0.1) is 22.1 Å². The molecule has 0 fully saturated rings. The van der Waals surface area contributed by atoms with Gasteiger partial charge in [0.2, 0.25) is 0 Å². The molecule has 4 aromatic rings. The molecule has 0 N–H and O–H groups in total. The number of imidazole rings is 1. The van der Waals surface area contributed by atoms with Gasteiger partial charge >= 0.3 is 0 Å². The van der Waals surface area contributed by atoms with Gasteiger partial charge in [0.25, 0.3) is 0 Å². The Hall–Kier alpha value is -3.22. The van der Waals surface area contributed by atoms with Crippen molar-refractivity contribution in [3.8, 4) is 0 Å². The zero-order chi connectivity index (χ0) is 20.1. The van der Waals surface area contributed by atoms with Crippen LogP contribution in [0.3, 0.4) is 0 Å². The van der Waals surface area contributed by atoms with Gasteiger partial charge in [0, 0.05) is 31.4 Å². The molecule has 2 aromatic heterocycles. The molecule has 0 radical (unpaired) electrons. The second-order valence-corrected chi connectivity index (χ2v) is 7.53. The minimum Gasteiger partial charge on any atom is -0.331 e. The predicted octanol–water partition coefficient (Wildman–Crippen LogP) is 2.63. The molecule has 1 atom stereocenters. The highest BCUT2D eigenvalue weighted by Crippen LogP contribution is 2.18. The molecule has 0 saturated carbocycles.